The first-order valence-corrected chi connectivity index (χ1v) is 8.12. The van der Waals surface area contributed by atoms with Gasteiger partial charge >= 0.3 is 0 Å². The molecule has 0 radical (unpaired) electrons. The highest BCUT2D eigenvalue weighted by molar-refractivity contribution is 5.94. The smallest absolute Gasteiger partial charge is 0.254 e. The Labute approximate surface area is 137 Å². The second-order valence-electron chi connectivity index (χ2n) is 6.46. The molecule has 2 heterocycles. The summed E-state index contributed by atoms with van der Waals surface area (Å²) in [5, 5.41) is 6.30. The van der Waals surface area contributed by atoms with Crippen molar-refractivity contribution < 1.29 is 14.3 Å². The lowest BCUT2D eigenvalue weighted by molar-refractivity contribution is -0.172. The van der Waals surface area contributed by atoms with Crippen molar-refractivity contribution in [2.75, 3.05) is 45.7 Å². The van der Waals surface area contributed by atoms with Crippen molar-refractivity contribution in [2.45, 2.75) is 24.5 Å². The number of hydrogen-bond donors (Lipinski definition) is 2. The van der Waals surface area contributed by atoms with Crippen molar-refractivity contribution in [2.24, 2.45) is 0 Å². The number of carbonyl (C=O) groups is 1. The number of anilines is 1. The molecule has 0 aliphatic carbocycles. The fourth-order valence-electron chi connectivity index (χ4n) is 3.43. The Balaban J connectivity index is 1.68. The number of benzene rings is 1. The fraction of sp³-hybridized carbons (Fsp3) is 0.588. The van der Waals surface area contributed by atoms with Gasteiger partial charge in [0.15, 0.2) is 0 Å². The van der Waals surface area contributed by atoms with E-state index in [1.807, 2.05) is 24.3 Å². The number of carbonyl (C=O) groups excluding carboxylic acids is 1. The van der Waals surface area contributed by atoms with E-state index in [9.17, 15) is 4.79 Å². The monoisotopic (exact) mass is 319 g/mol. The number of likely N-dealkylation sites (N-methyl/N-ethyl adjacent to an activating group) is 1. The number of piperidine rings is 1. The minimum atomic E-state index is -0.446. The van der Waals surface area contributed by atoms with Gasteiger partial charge in [-0.3, -0.25) is 4.79 Å². The molecule has 3 rings (SSSR count). The van der Waals surface area contributed by atoms with Crippen LogP contribution in [0.1, 0.15) is 12.8 Å². The van der Waals surface area contributed by atoms with Gasteiger partial charge in [0.2, 0.25) is 0 Å². The van der Waals surface area contributed by atoms with Gasteiger partial charge in [-0.05, 0) is 45.1 Å². The molecule has 2 N–H and O–H groups in total. The van der Waals surface area contributed by atoms with Crippen molar-refractivity contribution in [3.8, 4) is 5.75 Å². The fourth-order valence-corrected chi connectivity index (χ4v) is 3.43. The Hall–Kier alpha value is -1.63. The average molecular weight is 319 g/mol. The molecule has 2 saturated heterocycles. The number of rotatable bonds is 3. The zero-order valence-corrected chi connectivity index (χ0v) is 13.8. The molecule has 1 amide bonds. The molecule has 2 aliphatic heterocycles. The van der Waals surface area contributed by atoms with E-state index in [-0.39, 0.29) is 11.5 Å². The molecule has 6 nitrogen and oxygen atoms in total. The van der Waals surface area contributed by atoms with E-state index in [0.717, 1.165) is 43.9 Å². The molecule has 1 atom stereocenters. The molecule has 2 fully saturated rings. The Morgan fingerprint density at radius 2 is 2.22 bits per heavy atom. The molecule has 0 bridgehead atoms. The predicted molar refractivity (Wildman–Crippen MR) is 88.8 cm³/mol. The van der Waals surface area contributed by atoms with E-state index in [2.05, 4.69) is 22.6 Å². The lowest BCUT2D eigenvalue weighted by Gasteiger charge is -2.46. The van der Waals surface area contributed by atoms with Gasteiger partial charge in [0.25, 0.3) is 5.91 Å². The van der Waals surface area contributed by atoms with E-state index >= 15 is 0 Å². The van der Waals surface area contributed by atoms with Crippen LogP contribution >= 0.6 is 0 Å². The Morgan fingerprint density at radius 3 is 2.96 bits per heavy atom. The molecule has 0 unspecified atom stereocenters. The second-order valence-corrected chi connectivity index (χ2v) is 6.46. The van der Waals surface area contributed by atoms with Crippen LogP contribution in [0.2, 0.25) is 0 Å². The second kappa shape index (κ2) is 6.86. The minimum absolute atomic E-state index is 0.0947. The molecule has 126 valence electrons. The van der Waals surface area contributed by atoms with Crippen LogP contribution in [0.3, 0.4) is 0 Å². The van der Waals surface area contributed by atoms with Crippen molar-refractivity contribution in [3.05, 3.63) is 24.3 Å². The van der Waals surface area contributed by atoms with E-state index in [1.165, 1.54) is 0 Å². The third-order valence-electron chi connectivity index (χ3n) is 4.57. The van der Waals surface area contributed by atoms with E-state index in [0.29, 0.717) is 6.54 Å². The first kappa shape index (κ1) is 16.2. The maximum Gasteiger partial charge on any atom is 0.254 e. The minimum Gasteiger partial charge on any atom is -0.497 e. The quantitative estimate of drug-likeness (QED) is 0.873. The zero-order chi connectivity index (χ0) is 16.3. The first-order valence-electron chi connectivity index (χ1n) is 8.12. The van der Waals surface area contributed by atoms with Crippen LogP contribution in [0.25, 0.3) is 0 Å². The maximum atomic E-state index is 12.6. The molecule has 1 aromatic rings. The van der Waals surface area contributed by atoms with Gasteiger partial charge in [-0.15, -0.1) is 0 Å². The molecule has 2 aliphatic rings. The van der Waals surface area contributed by atoms with Gasteiger partial charge in [-0.25, -0.2) is 0 Å². The summed E-state index contributed by atoms with van der Waals surface area (Å²) in [6.45, 7) is 3.39. The molecular formula is C17H25N3O3. The van der Waals surface area contributed by atoms with Crippen LogP contribution in [0.4, 0.5) is 5.69 Å². The van der Waals surface area contributed by atoms with E-state index in [1.54, 1.807) is 7.11 Å². The number of ether oxygens (including phenoxy) is 2. The third-order valence-corrected chi connectivity index (χ3v) is 4.57. The number of morpholine rings is 1. The Bertz CT molecular complexity index is 558. The Kier molecular flexibility index (Phi) is 4.84. The van der Waals surface area contributed by atoms with Crippen molar-refractivity contribution in [1.29, 1.82) is 0 Å². The van der Waals surface area contributed by atoms with Gasteiger partial charge in [0.1, 0.15) is 11.9 Å². The molecule has 6 heteroatoms. The standard InChI is InChI=1S/C17H25N3O3/c1-20-11-15(23-17(12-20)6-8-18-9-7-17)16(21)19-13-4-3-5-14(10-13)22-2/h3-5,10,15,18H,6-9,11-12H2,1-2H3,(H,19,21)/t15-/m0/s1. The topological polar surface area (TPSA) is 62.8 Å². The van der Waals surface area contributed by atoms with Crippen LogP contribution < -0.4 is 15.4 Å². The van der Waals surface area contributed by atoms with E-state index in [4.69, 9.17) is 9.47 Å². The summed E-state index contributed by atoms with van der Waals surface area (Å²) >= 11 is 0. The van der Waals surface area contributed by atoms with Gasteiger partial charge in [0, 0.05) is 24.8 Å². The van der Waals surface area contributed by atoms with Gasteiger partial charge in [0.05, 0.1) is 12.7 Å². The Morgan fingerprint density at radius 1 is 1.43 bits per heavy atom. The largest absolute Gasteiger partial charge is 0.497 e. The number of nitrogens with zero attached hydrogens (tertiary/aromatic N) is 1. The van der Waals surface area contributed by atoms with Crippen LogP contribution in [-0.2, 0) is 9.53 Å². The predicted octanol–water partition coefficient (Wildman–Crippen LogP) is 1.09. The number of amides is 1. The molecule has 1 spiro atoms. The van der Waals surface area contributed by atoms with Crippen molar-refractivity contribution in [3.63, 3.8) is 0 Å². The molecular weight excluding hydrogens is 294 g/mol. The van der Waals surface area contributed by atoms with E-state index < -0.39 is 6.10 Å². The highest BCUT2D eigenvalue weighted by atomic mass is 16.5. The summed E-state index contributed by atoms with van der Waals surface area (Å²) < 4.78 is 11.4. The SMILES string of the molecule is COc1cccc(NC(=O)[C@@H]2CN(C)CC3(CCNCC3)O2)c1. The normalized spacial score (nSPS) is 24.3. The molecule has 1 aromatic carbocycles. The molecule has 23 heavy (non-hydrogen) atoms. The molecule has 0 aromatic heterocycles. The highest BCUT2D eigenvalue weighted by Gasteiger charge is 2.42. The third kappa shape index (κ3) is 3.83. The van der Waals surface area contributed by atoms with Crippen LogP contribution in [0.5, 0.6) is 5.75 Å². The average Bonchev–Trinajstić information content (AvgIpc) is 2.55. The maximum absolute atomic E-state index is 12.6. The first-order chi connectivity index (χ1) is 11.1. The highest BCUT2D eigenvalue weighted by Crippen LogP contribution is 2.30. The summed E-state index contributed by atoms with van der Waals surface area (Å²) in [4.78, 5) is 14.8. The van der Waals surface area contributed by atoms with Crippen molar-refractivity contribution in [1.82, 2.24) is 10.2 Å². The lowest BCUT2D eigenvalue weighted by atomic mass is 9.89. The summed E-state index contributed by atoms with van der Waals surface area (Å²) in [6, 6.07) is 7.37. The number of hydrogen-bond acceptors (Lipinski definition) is 5. The van der Waals surface area contributed by atoms with Crippen molar-refractivity contribution >= 4 is 11.6 Å². The van der Waals surface area contributed by atoms with Gasteiger partial charge in [-0.2, -0.15) is 0 Å². The van der Waals surface area contributed by atoms with Crippen LogP contribution in [-0.4, -0.2) is 62.8 Å². The van der Waals surface area contributed by atoms with Crippen LogP contribution in [0, 0.1) is 0 Å². The molecule has 0 saturated carbocycles. The van der Waals surface area contributed by atoms with Gasteiger partial charge < -0.3 is 25.0 Å². The lowest BCUT2D eigenvalue weighted by Crippen LogP contribution is -2.60. The summed E-state index contributed by atoms with van der Waals surface area (Å²) in [5.74, 6) is 0.627. The number of nitrogens with one attached hydrogen (secondary N) is 2. The van der Waals surface area contributed by atoms with Gasteiger partial charge in [-0.1, -0.05) is 6.07 Å². The summed E-state index contributed by atoms with van der Waals surface area (Å²) in [6.07, 6.45) is 1.44. The van der Waals surface area contributed by atoms with Crippen LogP contribution in [0.15, 0.2) is 24.3 Å². The number of methoxy groups -OCH3 is 1. The zero-order valence-electron chi connectivity index (χ0n) is 13.8. The summed E-state index contributed by atoms with van der Waals surface area (Å²) in [5.41, 5.74) is 0.528. The summed E-state index contributed by atoms with van der Waals surface area (Å²) in [7, 11) is 3.67.